The number of rotatable bonds is 3. The van der Waals surface area contributed by atoms with Crippen LogP contribution in [0.2, 0.25) is 0 Å². The summed E-state index contributed by atoms with van der Waals surface area (Å²) in [5, 5.41) is 1.08. The molecule has 16 heavy (non-hydrogen) atoms. The first-order valence-corrected chi connectivity index (χ1v) is 5.35. The average molecular weight is 216 g/mol. The topological polar surface area (TPSA) is 48.1 Å². The molecular formula is C13H16N2O. The molecule has 0 radical (unpaired) electrons. The van der Waals surface area contributed by atoms with Crippen molar-refractivity contribution in [1.82, 2.24) is 4.98 Å². The summed E-state index contributed by atoms with van der Waals surface area (Å²) in [6, 6.07) is 9.80. The molecule has 0 unspecified atom stereocenters. The Hall–Kier alpha value is -1.61. The Bertz CT molecular complexity index is 494. The van der Waals surface area contributed by atoms with Gasteiger partial charge in [-0.05, 0) is 38.1 Å². The quantitative estimate of drug-likeness (QED) is 0.856. The minimum atomic E-state index is -0.337. The molecule has 1 aromatic heterocycles. The smallest absolute Gasteiger partial charge is 0.120 e. The van der Waals surface area contributed by atoms with Gasteiger partial charge in [-0.3, -0.25) is 4.98 Å². The molecule has 2 aromatic rings. The molecule has 0 bridgehead atoms. The maximum Gasteiger partial charge on any atom is 0.120 e. The zero-order valence-electron chi connectivity index (χ0n) is 9.60. The lowest BCUT2D eigenvalue weighted by molar-refractivity contribution is 0.119. The third kappa shape index (κ3) is 2.31. The summed E-state index contributed by atoms with van der Waals surface area (Å²) in [5.74, 6) is 0.830. The minimum absolute atomic E-state index is 0.337. The van der Waals surface area contributed by atoms with Crippen LogP contribution in [0, 0.1) is 0 Å². The summed E-state index contributed by atoms with van der Waals surface area (Å²) in [4.78, 5) is 4.26. The van der Waals surface area contributed by atoms with Crippen LogP contribution >= 0.6 is 0 Å². The van der Waals surface area contributed by atoms with E-state index < -0.39 is 0 Å². The molecule has 0 atom stereocenters. The van der Waals surface area contributed by atoms with Crippen molar-refractivity contribution in [2.45, 2.75) is 19.4 Å². The maximum atomic E-state index is 5.81. The lowest BCUT2D eigenvalue weighted by atomic mass is 10.1. The molecule has 84 valence electrons. The molecule has 0 aliphatic rings. The Morgan fingerprint density at radius 1 is 1.31 bits per heavy atom. The van der Waals surface area contributed by atoms with Gasteiger partial charge in [0.05, 0.1) is 5.52 Å². The number of ether oxygens (including phenoxy) is 1. The molecular weight excluding hydrogens is 200 g/mol. The number of pyridine rings is 1. The molecule has 0 aliphatic heterocycles. The van der Waals surface area contributed by atoms with Crippen molar-refractivity contribution in [3.8, 4) is 5.75 Å². The minimum Gasteiger partial charge on any atom is -0.487 e. The first kappa shape index (κ1) is 10.9. The summed E-state index contributed by atoms with van der Waals surface area (Å²) < 4.78 is 5.81. The molecule has 1 heterocycles. The molecule has 0 amide bonds. The average Bonchev–Trinajstić information content (AvgIpc) is 2.28. The van der Waals surface area contributed by atoms with E-state index in [0.717, 1.165) is 16.7 Å². The standard InChI is InChI=1S/C13H16N2O/c1-13(2,9-14)16-11-5-6-12-10(8-11)4-3-7-15-12/h3-8H,9,14H2,1-2H3. The van der Waals surface area contributed by atoms with Crippen molar-refractivity contribution >= 4 is 10.9 Å². The van der Waals surface area contributed by atoms with Crippen LogP contribution in [0.4, 0.5) is 0 Å². The largest absolute Gasteiger partial charge is 0.487 e. The first-order valence-electron chi connectivity index (χ1n) is 5.35. The molecule has 3 heteroatoms. The molecule has 3 nitrogen and oxygen atoms in total. The predicted octanol–water partition coefficient (Wildman–Crippen LogP) is 2.35. The number of nitrogens with two attached hydrogens (primary N) is 1. The van der Waals surface area contributed by atoms with Crippen LogP contribution in [-0.2, 0) is 0 Å². The Kier molecular flexibility index (Phi) is 2.79. The fourth-order valence-electron chi connectivity index (χ4n) is 1.48. The summed E-state index contributed by atoms with van der Waals surface area (Å²) in [6.45, 7) is 4.43. The van der Waals surface area contributed by atoms with Crippen LogP contribution in [0.25, 0.3) is 10.9 Å². The zero-order chi connectivity index (χ0) is 11.6. The van der Waals surface area contributed by atoms with E-state index >= 15 is 0 Å². The number of fused-ring (bicyclic) bond motifs is 1. The van der Waals surface area contributed by atoms with Crippen LogP contribution in [0.3, 0.4) is 0 Å². The van der Waals surface area contributed by atoms with Crippen molar-refractivity contribution in [3.05, 3.63) is 36.5 Å². The highest BCUT2D eigenvalue weighted by atomic mass is 16.5. The van der Waals surface area contributed by atoms with Gasteiger partial charge in [-0.15, -0.1) is 0 Å². The van der Waals surface area contributed by atoms with Crippen molar-refractivity contribution < 1.29 is 4.74 Å². The van der Waals surface area contributed by atoms with Crippen LogP contribution in [0.1, 0.15) is 13.8 Å². The highest BCUT2D eigenvalue weighted by Crippen LogP contribution is 2.22. The van der Waals surface area contributed by atoms with E-state index in [1.807, 2.05) is 44.2 Å². The van der Waals surface area contributed by atoms with Crippen LogP contribution in [0.5, 0.6) is 5.75 Å². The number of nitrogens with zero attached hydrogens (tertiary/aromatic N) is 1. The predicted molar refractivity (Wildman–Crippen MR) is 65.5 cm³/mol. The number of benzene rings is 1. The van der Waals surface area contributed by atoms with E-state index in [2.05, 4.69) is 4.98 Å². The van der Waals surface area contributed by atoms with Gasteiger partial charge in [0.25, 0.3) is 0 Å². The number of hydrogen-bond acceptors (Lipinski definition) is 3. The molecule has 0 aliphatic carbocycles. The van der Waals surface area contributed by atoms with Crippen molar-refractivity contribution in [2.24, 2.45) is 5.73 Å². The van der Waals surface area contributed by atoms with Gasteiger partial charge in [-0.2, -0.15) is 0 Å². The Morgan fingerprint density at radius 3 is 2.88 bits per heavy atom. The lowest BCUT2D eigenvalue weighted by Gasteiger charge is -2.24. The summed E-state index contributed by atoms with van der Waals surface area (Å²) in [5.41, 5.74) is 6.26. The summed E-state index contributed by atoms with van der Waals surface area (Å²) in [6.07, 6.45) is 1.78. The molecule has 2 N–H and O–H groups in total. The van der Waals surface area contributed by atoms with Gasteiger partial charge in [0, 0.05) is 18.1 Å². The van der Waals surface area contributed by atoms with E-state index in [1.54, 1.807) is 6.20 Å². The molecule has 1 aromatic carbocycles. The van der Waals surface area contributed by atoms with E-state index in [1.165, 1.54) is 0 Å². The highest BCUT2D eigenvalue weighted by molar-refractivity contribution is 5.79. The monoisotopic (exact) mass is 216 g/mol. The summed E-state index contributed by atoms with van der Waals surface area (Å²) in [7, 11) is 0. The van der Waals surface area contributed by atoms with Crippen LogP contribution < -0.4 is 10.5 Å². The van der Waals surface area contributed by atoms with Gasteiger partial charge in [-0.25, -0.2) is 0 Å². The van der Waals surface area contributed by atoms with Crippen LogP contribution in [-0.4, -0.2) is 17.1 Å². The second kappa shape index (κ2) is 4.10. The van der Waals surface area contributed by atoms with E-state index in [4.69, 9.17) is 10.5 Å². The van der Waals surface area contributed by atoms with E-state index in [9.17, 15) is 0 Å². The zero-order valence-corrected chi connectivity index (χ0v) is 9.60. The molecule has 0 saturated heterocycles. The Balaban J connectivity index is 2.33. The summed E-state index contributed by atoms with van der Waals surface area (Å²) >= 11 is 0. The maximum absolute atomic E-state index is 5.81. The fourth-order valence-corrected chi connectivity index (χ4v) is 1.48. The van der Waals surface area contributed by atoms with Crippen molar-refractivity contribution in [3.63, 3.8) is 0 Å². The van der Waals surface area contributed by atoms with Gasteiger partial charge >= 0.3 is 0 Å². The van der Waals surface area contributed by atoms with Crippen LogP contribution in [0.15, 0.2) is 36.5 Å². The normalized spacial score (nSPS) is 11.7. The molecule has 0 spiro atoms. The molecule has 2 rings (SSSR count). The fraction of sp³-hybridized carbons (Fsp3) is 0.308. The second-order valence-corrected chi connectivity index (χ2v) is 4.42. The Labute approximate surface area is 95.2 Å². The molecule has 0 saturated carbocycles. The Morgan fingerprint density at radius 2 is 2.12 bits per heavy atom. The first-order chi connectivity index (χ1) is 7.61. The second-order valence-electron chi connectivity index (χ2n) is 4.42. The lowest BCUT2D eigenvalue weighted by Crippen LogP contribution is -2.37. The SMILES string of the molecule is CC(C)(CN)Oc1ccc2ncccc2c1. The van der Waals surface area contributed by atoms with Crippen molar-refractivity contribution in [2.75, 3.05) is 6.54 Å². The van der Waals surface area contributed by atoms with Crippen molar-refractivity contribution in [1.29, 1.82) is 0 Å². The van der Waals surface area contributed by atoms with Gasteiger partial charge in [0.15, 0.2) is 0 Å². The number of hydrogen-bond donors (Lipinski definition) is 1. The van der Waals surface area contributed by atoms with E-state index in [0.29, 0.717) is 6.54 Å². The third-order valence-electron chi connectivity index (χ3n) is 2.46. The highest BCUT2D eigenvalue weighted by Gasteiger charge is 2.17. The van der Waals surface area contributed by atoms with Gasteiger partial charge in [-0.1, -0.05) is 6.07 Å². The third-order valence-corrected chi connectivity index (χ3v) is 2.46. The molecule has 0 fully saturated rings. The van der Waals surface area contributed by atoms with Gasteiger partial charge in [0.1, 0.15) is 11.4 Å². The number of aromatic nitrogens is 1. The van der Waals surface area contributed by atoms with E-state index in [-0.39, 0.29) is 5.60 Å². The van der Waals surface area contributed by atoms with Gasteiger partial charge in [0.2, 0.25) is 0 Å². The van der Waals surface area contributed by atoms with Gasteiger partial charge < -0.3 is 10.5 Å².